The van der Waals surface area contributed by atoms with Crippen molar-refractivity contribution in [2.24, 2.45) is 0 Å². The molecular weight excluding hydrogens is 256 g/mol. The molecule has 110 valence electrons. The van der Waals surface area contributed by atoms with E-state index in [4.69, 9.17) is 0 Å². The summed E-state index contributed by atoms with van der Waals surface area (Å²) in [6.45, 7) is 6.32. The summed E-state index contributed by atoms with van der Waals surface area (Å²) in [5.41, 5.74) is 7.19. The van der Waals surface area contributed by atoms with Gasteiger partial charge in [0, 0.05) is 19.6 Å². The maximum absolute atomic E-state index is 3.46. The van der Waals surface area contributed by atoms with Crippen molar-refractivity contribution < 1.29 is 0 Å². The molecule has 21 heavy (non-hydrogen) atoms. The lowest BCUT2D eigenvalue weighted by molar-refractivity contribution is 0.318. The van der Waals surface area contributed by atoms with Gasteiger partial charge in [-0.05, 0) is 54.8 Å². The Hall–Kier alpha value is -1.64. The third-order valence-corrected chi connectivity index (χ3v) is 4.31. The topological polar surface area (TPSA) is 15.3 Å². The molecule has 1 heterocycles. The monoisotopic (exact) mass is 280 g/mol. The van der Waals surface area contributed by atoms with Crippen molar-refractivity contribution in [3.63, 3.8) is 0 Å². The lowest BCUT2D eigenvalue weighted by Gasteiger charge is -2.21. The molecule has 0 fully saturated rings. The Morgan fingerprint density at radius 3 is 2.76 bits per heavy atom. The Morgan fingerprint density at radius 1 is 1.05 bits per heavy atom. The largest absolute Gasteiger partial charge is 0.312 e. The van der Waals surface area contributed by atoms with Gasteiger partial charge in [0.15, 0.2) is 0 Å². The highest BCUT2D eigenvalue weighted by molar-refractivity contribution is 5.34. The highest BCUT2D eigenvalue weighted by Gasteiger charge is 2.10. The van der Waals surface area contributed by atoms with Crippen molar-refractivity contribution in [3.8, 4) is 0 Å². The van der Waals surface area contributed by atoms with Gasteiger partial charge in [-0.1, -0.05) is 42.5 Å². The van der Waals surface area contributed by atoms with Crippen molar-refractivity contribution in [1.29, 1.82) is 0 Å². The summed E-state index contributed by atoms with van der Waals surface area (Å²) in [7, 11) is 2.20. The van der Waals surface area contributed by atoms with Crippen LogP contribution in [0, 0.1) is 6.92 Å². The van der Waals surface area contributed by atoms with E-state index in [0.29, 0.717) is 0 Å². The van der Waals surface area contributed by atoms with E-state index in [1.54, 1.807) is 0 Å². The fourth-order valence-electron chi connectivity index (χ4n) is 3.08. The molecule has 1 aliphatic rings. The van der Waals surface area contributed by atoms with Gasteiger partial charge in [0.05, 0.1) is 0 Å². The molecule has 2 aromatic rings. The van der Waals surface area contributed by atoms with Crippen molar-refractivity contribution in [2.45, 2.75) is 33.0 Å². The maximum Gasteiger partial charge on any atom is 0.0236 e. The van der Waals surface area contributed by atoms with Crippen LogP contribution in [0.3, 0.4) is 0 Å². The molecule has 0 spiro atoms. The number of hydrogen-bond donors (Lipinski definition) is 1. The number of hydrogen-bond acceptors (Lipinski definition) is 2. The maximum atomic E-state index is 3.46. The molecule has 0 amide bonds. The van der Waals surface area contributed by atoms with Crippen molar-refractivity contribution in [3.05, 3.63) is 70.3 Å². The van der Waals surface area contributed by atoms with Gasteiger partial charge in [0.1, 0.15) is 0 Å². The van der Waals surface area contributed by atoms with Gasteiger partial charge in [-0.25, -0.2) is 0 Å². The van der Waals surface area contributed by atoms with Crippen LogP contribution in [0.4, 0.5) is 0 Å². The Labute approximate surface area is 127 Å². The minimum absolute atomic E-state index is 1.00. The van der Waals surface area contributed by atoms with Crippen LogP contribution >= 0.6 is 0 Å². The molecule has 0 unspecified atom stereocenters. The number of nitrogens with zero attached hydrogens (tertiary/aromatic N) is 1. The fourth-order valence-corrected chi connectivity index (χ4v) is 3.08. The predicted molar refractivity (Wildman–Crippen MR) is 88.2 cm³/mol. The van der Waals surface area contributed by atoms with Gasteiger partial charge in [-0.15, -0.1) is 0 Å². The standard InChI is InChI=1S/C19H24N2/c1-15-5-3-4-6-18(15)14-21(2)13-16-7-8-17-9-10-20-12-19(17)11-16/h3-8,11,20H,9-10,12-14H2,1-2H3. The van der Waals surface area contributed by atoms with Crippen LogP contribution in [-0.2, 0) is 26.1 Å². The van der Waals surface area contributed by atoms with Gasteiger partial charge in [-0.2, -0.15) is 0 Å². The predicted octanol–water partition coefficient (Wildman–Crippen LogP) is 3.27. The molecule has 2 heteroatoms. The number of aryl methyl sites for hydroxylation is 1. The van der Waals surface area contributed by atoms with Crippen LogP contribution in [0.25, 0.3) is 0 Å². The van der Waals surface area contributed by atoms with E-state index >= 15 is 0 Å². The minimum Gasteiger partial charge on any atom is -0.312 e. The van der Waals surface area contributed by atoms with E-state index in [1.165, 1.54) is 27.8 Å². The van der Waals surface area contributed by atoms with E-state index in [1.807, 2.05) is 0 Å². The van der Waals surface area contributed by atoms with Crippen LogP contribution in [0.5, 0.6) is 0 Å². The summed E-state index contributed by atoms with van der Waals surface area (Å²) < 4.78 is 0. The van der Waals surface area contributed by atoms with Gasteiger partial charge in [0.2, 0.25) is 0 Å². The zero-order valence-corrected chi connectivity index (χ0v) is 13.0. The Morgan fingerprint density at radius 2 is 1.90 bits per heavy atom. The zero-order valence-electron chi connectivity index (χ0n) is 13.0. The van der Waals surface area contributed by atoms with Crippen molar-refractivity contribution >= 4 is 0 Å². The summed E-state index contributed by atoms with van der Waals surface area (Å²) >= 11 is 0. The number of benzene rings is 2. The summed E-state index contributed by atoms with van der Waals surface area (Å²) in [6, 6.07) is 15.6. The number of nitrogens with one attached hydrogen (secondary N) is 1. The van der Waals surface area contributed by atoms with Crippen LogP contribution in [-0.4, -0.2) is 18.5 Å². The first kappa shape index (κ1) is 14.3. The van der Waals surface area contributed by atoms with Crippen molar-refractivity contribution in [1.82, 2.24) is 10.2 Å². The molecule has 3 rings (SSSR count). The molecule has 0 aliphatic carbocycles. The van der Waals surface area contributed by atoms with E-state index in [9.17, 15) is 0 Å². The Kier molecular flexibility index (Phi) is 4.37. The van der Waals surface area contributed by atoms with E-state index in [2.05, 4.69) is 66.7 Å². The molecule has 2 nitrogen and oxygen atoms in total. The molecule has 1 aliphatic heterocycles. The lowest BCUT2D eigenvalue weighted by Crippen LogP contribution is -2.24. The van der Waals surface area contributed by atoms with Gasteiger partial charge in [-0.3, -0.25) is 4.90 Å². The minimum atomic E-state index is 1.00. The van der Waals surface area contributed by atoms with Gasteiger partial charge >= 0.3 is 0 Å². The highest BCUT2D eigenvalue weighted by Crippen LogP contribution is 2.18. The summed E-state index contributed by atoms with van der Waals surface area (Å²) in [5, 5.41) is 3.46. The second-order valence-electron chi connectivity index (χ2n) is 6.13. The molecule has 1 N–H and O–H groups in total. The third-order valence-electron chi connectivity index (χ3n) is 4.31. The van der Waals surface area contributed by atoms with Gasteiger partial charge in [0.25, 0.3) is 0 Å². The summed E-state index contributed by atoms with van der Waals surface area (Å²) in [5.74, 6) is 0. The highest BCUT2D eigenvalue weighted by atomic mass is 15.1. The Bertz CT molecular complexity index is 619. The number of rotatable bonds is 4. The SMILES string of the molecule is Cc1ccccc1CN(C)Cc1ccc2c(c1)CNCC2. The van der Waals surface area contributed by atoms with Crippen LogP contribution in [0.15, 0.2) is 42.5 Å². The van der Waals surface area contributed by atoms with E-state index in [-0.39, 0.29) is 0 Å². The zero-order chi connectivity index (χ0) is 14.7. The first-order valence-corrected chi connectivity index (χ1v) is 7.77. The van der Waals surface area contributed by atoms with Crippen LogP contribution in [0.2, 0.25) is 0 Å². The molecule has 0 bridgehead atoms. The normalized spacial score (nSPS) is 14.2. The van der Waals surface area contributed by atoms with E-state index < -0.39 is 0 Å². The van der Waals surface area contributed by atoms with Crippen LogP contribution < -0.4 is 5.32 Å². The average molecular weight is 280 g/mol. The smallest absolute Gasteiger partial charge is 0.0236 e. The number of fused-ring (bicyclic) bond motifs is 1. The summed E-state index contributed by atoms with van der Waals surface area (Å²) in [4.78, 5) is 2.39. The van der Waals surface area contributed by atoms with Gasteiger partial charge < -0.3 is 5.32 Å². The lowest BCUT2D eigenvalue weighted by atomic mass is 9.98. The molecular formula is C19H24N2. The summed E-state index contributed by atoms with van der Waals surface area (Å²) in [6.07, 6.45) is 1.16. The van der Waals surface area contributed by atoms with Crippen molar-refractivity contribution in [2.75, 3.05) is 13.6 Å². The average Bonchev–Trinajstić information content (AvgIpc) is 2.49. The first-order valence-electron chi connectivity index (χ1n) is 7.77. The third kappa shape index (κ3) is 3.52. The first-order chi connectivity index (χ1) is 10.2. The second kappa shape index (κ2) is 6.42. The van der Waals surface area contributed by atoms with E-state index in [0.717, 1.165) is 32.6 Å². The molecule has 0 radical (unpaired) electrons. The Balaban J connectivity index is 1.67. The quantitative estimate of drug-likeness (QED) is 0.924. The fraction of sp³-hybridized carbons (Fsp3) is 0.368. The molecule has 0 saturated heterocycles. The molecule has 2 aromatic carbocycles. The molecule has 0 aromatic heterocycles. The molecule has 0 saturated carbocycles. The second-order valence-corrected chi connectivity index (χ2v) is 6.13. The molecule has 0 atom stereocenters. The van der Waals surface area contributed by atoms with Crippen LogP contribution in [0.1, 0.15) is 27.8 Å².